The van der Waals surface area contributed by atoms with Gasteiger partial charge in [-0.25, -0.2) is 4.98 Å². The summed E-state index contributed by atoms with van der Waals surface area (Å²) in [6.07, 6.45) is 0. The molecule has 4 nitrogen and oxygen atoms in total. The maximum atomic E-state index is 11.1. The summed E-state index contributed by atoms with van der Waals surface area (Å²) in [5.74, 6) is 0. The van der Waals surface area contributed by atoms with Crippen LogP contribution in [0, 0.1) is 10.1 Å². The zero-order valence-electron chi connectivity index (χ0n) is 10.5. The predicted molar refractivity (Wildman–Crippen MR) is 91.6 cm³/mol. The van der Waals surface area contributed by atoms with Gasteiger partial charge in [-0.3, -0.25) is 10.1 Å². The van der Waals surface area contributed by atoms with Crippen LogP contribution in [0.4, 0.5) is 0 Å². The Balaban J connectivity index is 2.10. The maximum Gasteiger partial charge on any atom is 0.377 e. The van der Waals surface area contributed by atoms with Crippen LogP contribution in [0.5, 0.6) is 0 Å². The Kier molecular flexibility index (Phi) is 3.81. The second-order valence-corrected chi connectivity index (χ2v) is 8.76. The van der Waals surface area contributed by atoms with E-state index in [2.05, 4.69) is 36.8 Å². The summed E-state index contributed by atoms with van der Waals surface area (Å²) in [6.45, 7) is 0. The Morgan fingerprint density at radius 2 is 1.81 bits per heavy atom. The molecule has 0 bridgehead atoms. The first-order chi connectivity index (χ1) is 9.98. The van der Waals surface area contributed by atoms with Crippen molar-refractivity contribution in [2.24, 2.45) is 0 Å². The van der Waals surface area contributed by atoms with Crippen LogP contribution in [0.15, 0.2) is 48.5 Å². The molecule has 3 aromatic rings. The number of hydrogen-bond acceptors (Lipinski definition) is 4. The minimum Gasteiger partial charge on any atom is -0.262 e. The SMILES string of the molecule is O=[N+]([O-])C(Br)(Br)c1nc2ccc(-c3ccccc3)cc2s1. The zero-order valence-corrected chi connectivity index (χ0v) is 14.5. The molecule has 0 N–H and O–H groups in total. The molecule has 0 fully saturated rings. The van der Waals surface area contributed by atoms with Gasteiger partial charge in [0, 0.05) is 31.9 Å². The molecule has 106 valence electrons. The van der Waals surface area contributed by atoms with E-state index < -0.39 is 8.28 Å². The summed E-state index contributed by atoms with van der Waals surface area (Å²) < 4.78 is -0.618. The molecular formula is C14H8Br2N2O2S. The van der Waals surface area contributed by atoms with E-state index in [0.717, 1.165) is 21.3 Å². The zero-order chi connectivity index (χ0) is 15.0. The summed E-state index contributed by atoms with van der Waals surface area (Å²) in [6, 6.07) is 15.8. The van der Waals surface area contributed by atoms with Crippen molar-refractivity contribution in [1.29, 1.82) is 0 Å². The molecule has 7 heteroatoms. The average molecular weight is 428 g/mol. The van der Waals surface area contributed by atoms with E-state index in [9.17, 15) is 10.1 Å². The summed E-state index contributed by atoms with van der Waals surface area (Å²) in [7, 11) is 0. The van der Waals surface area contributed by atoms with Gasteiger partial charge in [0.05, 0.1) is 15.1 Å². The highest BCUT2D eigenvalue weighted by Gasteiger charge is 2.42. The molecule has 0 amide bonds. The molecule has 0 atom stereocenters. The molecule has 2 aromatic carbocycles. The minimum atomic E-state index is -1.53. The van der Waals surface area contributed by atoms with Gasteiger partial charge in [0.15, 0.2) is 5.01 Å². The fourth-order valence-corrected chi connectivity index (χ4v) is 3.56. The number of halogens is 2. The maximum absolute atomic E-state index is 11.1. The molecule has 0 spiro atoms. The third kappa shape index (κ3) is 2.73. The average Bonchev–Trinajstić information content (AvgIpc) is 2.91. The summed E-state index contributed by atoms with van der Waals surface area (Å²) >= 11 is 7.42. The van der Waals surface area contributed by atoms with E-state index in [0.29, 0.717) is 5.01 Å². The normalized spacial score (nSPS) is 11.7. The van der Waals surface area contributed by atoms with Gasteiger partial charge in [-0.05, 0) is 23.3 Å². The largest absolute Gasteiger partial charge is 0.377 e. The van der Waals surface area contributed by atoms with Crippen molar-refractivity contribution >= 4 is 53.4 Å². The molecule has 0 unspecified atom stereocenters. The van der Waals surface area contributed by atoms with Crippen LogP contribution >= 0.6 is 43.2 Å². The van der Waals surface area contributed by atoms with E-state index in [1.54, 1.807) is 0 Å². The van der Waals surface area contributed by atoms with E-state index >= 15 is 0 Å². The van der Waals surface area contributed by atoms with Crippen molar-refractivity contribution in [3.8, 4) is 11.1 Å². The van der Waals surface area contributed by atoms with Crippen LogP contribution in [0.25, 0.3) is 21.3 Å². The molecule has 3 rings (SSSR count). The summed E-state index contributed by atoms with van der Waals surface area (Å²) in [5, 5.41) is 11.4. The predicted octanol–water partition coefficient (Wildman–Crippen LogP) is 5.14. The fourth-order valence-electron chi connectivity index (χ4n) is 1.94. The molecule has 21 heavy (non-hydrogen) atoms. The van der Waals surface area contributed by atoms with Gasteiger partial charge in [0.25, 0.3) is 0 Å². The number of alkyl halides is 2. The van der Waals surface area contributed by atoms with Gasteiger partial charge in [-0.15, -0.1) is 11.3 Å². The third-order valence-corrected chi connectivity index (χ3v) is 5.96. The molecule has 0 saturated carbocycles. The van der Waals surface area contributed by atoms with Crippen molar-refractivity contribution in [2.45, 2.75) is 3.36 Å². The number of nitro groups is 1. The first kappa shape index (κ1) is 14.6. The number of benzene rings is 2. The number of nitrogens with zero attached hydrogens (tertiary/aromatic N) is 2. The third-order valence-electron chi connectivity index (χ3n) is 2.98. The van der Waals surface area contributed by atoms with Crippen molar-refractivity contribution < 1.29 is 4.92 Å². The molecule has 0 saturated heterocycles. The number of hydrogen-bond donors (Lipinski definition) is 0. The highest BCUT2D eigenvalue weighted by atomic mass is 79.9. The highest BCUT2D eigenvalue weighted by molar-refractivity contribution is 9.24. The Morgan fingerprint density at radius 1 is 1.10 bits per heavy atom. The van der Waals surface area contributed by atoms with Crippen LogP contribution in [0.1, 0.15) is 5.01 Å². The van der Waals surface area contributed by atoms with Gasteiger partial charge in [-0.2, -0.15) is 0 Å². The second kappa shape index (κ2) is 5.47. The lowest BCUT2D eigenvalue weighted by atomic mass is 10.1. The monoisotopic (exact) mass is 426 g/mol. The van der Waals surface area contributed by atoms with E-state index in [4.69, 9.17) is 0 Å². The fraction of sp³-hybridized carbons (Fsp3) is 0.0714. The van der Waals surface area contributed by atoms with Gasteiger partial charge in [0.1, 0.15) is 0 Å². The highest BCUT2D eigenvalue weighted by Crippen LogP contribution is 2.42. The Bertz CT molecular complexity index is 818. The molecule has 1 heterocycles. The van der Waals surface area contributed by atoms with Gasteiger partial charge in [-0.1, -0.05) is 36.4 Å². The number of fused-ring (bicyclic) bond motifs is 1. The van der Waals surface area contributed by atoms with Crippen LogP contribution in [0.3, 0.4) is 0 Å². The summed E-state index contributed by atoms with van der Waals surface area (Å²) in [4.78, 5) is 14.9. The molecule has 1 aromatic heterocycles. The smallest absolute Gasteiger partial charge is 0.262 e. The number of thiazole rings is 1. The van der Waals surface area contributed by atoms with E-state index in [-0.39, 0.29) is 0 Å². The van der Waals surface area contributed by atoms with Crippen molar-refractivity contribution in [3.63, 3.8) is 0 Å². The Morgan fingerprint density at radius 3 is 2.48 bits per heavy atom. The van der Waals surface area contributed by atoms with Crippen LogP contribution in [-0.4, -0.2) is 9.91 Å². The van der Waals surface area contributed by atoms with Crippen molar-refractivity contribution in [1.82, 2.24) is 4.98 Å². The first-order valence-electron chi connectivity index (χ1n) is 5.97. The minimum absolute atomic E-state index is 0.368. The molecule has 0 aliphatic rings. The quantitative estimate of drug-likeness (QED) is 0.251. The Labute approximate surface area is 141 Å². The molecule has 0 radical (unpaired) electrons. The van der Waals surface area contributed by atoms with E-state index in [1.807, 2.05) is 48.5 Å². The van der Waals surface area contributed by atoms with Crippen molar-refractivity contribution in [3.05, 3.63) is 63.7 Å². The molecule has 0 aliphatic heterocycles. The lowest BCUT2D eigenvalue weighted by Gasteiger charge is -2.06. The summed E-state index contributed by atoms with van der Waals surface area (Å²) in [5.41, 5.74) is 2.92. The van der Waals surface area contributed by atoms with Crippen LogP contribution < -0.4 is 0 Å². The number of rotatable bonds is 3. The van der Waals surface area contributed by atoms with Gasteiger partial charge >= 0.3 is 3.36 Å². The molecule has 0 aliphatic carbocycles. The van der Waals surface area contributed by atoms with Crippen molar-refractivity contribution in [2.75, 3.05) is 0 Å². The topological polar surface area (TPSA) is 56.0 Å². The lowest BCUT2D eigenvalue weighted by Crippen LogP contribution is -2.20. The number of aromatic nitrogens is 1. The van der Waals surface area contributed by atoms with Crippen LogP contribution in [0.2, 0.25) is 0 Å². The van der Waals surface area contributed by atoms with Gasteiger partial charge < -0.3 is 0 Å². The van der Waals surface area contributed by atoms with Gasteiger partial charge in [0.2, 0.25) is 0 Å². The Hall–Kier alpha value is -1.31. The molecular weight excluding hydrogens is 420 g/mol. The van der Waals surface area contributed by atoms with Crippen LogP contribution in [-0.2, 0) is 3.36 Å². The first-order valence-corrected chi connectivity index (χ1v) is 8.37. The standard InChI is InChI=1S/C14H8Br2N2O2S/c15-14(16,18(19)20)13-17-11-7-6-10(8-12(11)21-13)9-4-2-1-3-5-9/h1-8H. The van der Waals surface area contributed by atoms with E-state index in [1.165, 1.54) is 11.3 Å². The second-order valence-electron chi connectivity index (χ2n) is 4.37. The lowest BCUT2D eigenvalue weighted by molar-refractivity contribution is -0.510.